The van der Waals surface area contributed by atoms with E-state index in [9.17, 15) is 9.59 Å². The second-order valence-electron chi connectivity index (χ2n) is 8.12. The van der Waals surface area contributed by atoms with Gasteiger partial charge in [0.25, 0.3) is 0 Å². The Hall–Kier alpha value is -2.30. The fourth-order valence-corrected chi connectivity index (χ4v) is 4.09. The molecule has 0 spiro atoms. The van der Waals surface area contributed by atoms with Crippen LogP contribution in [0, 0.1) is 11.8 Å². The van der Waals surface area contributed by atoms with Crippen molar-refractivity contribution in [2.45, 2.75) is 65.0 Å². The molecule has 5 heteroatoms. The molecule has 0 aliphatic heterocycles. The summed E-state index contributed by atoms with van der Waals surface area (Å²) in [5.41, 5.74) is 2.09. The van der Waals surface area contributed by atoms with Crippen molar-refractivity contribution in [2.24, 2.45) is 11.8 Å². The fraction of sp³-hybridized carbons (Fsp3) is 0.545. The molecular weight excluding hydrogens is 338 g/mol. The van der Waals surface area contributed by atoms with Gasteiger partial charge < -0.3 is 15.6 Å². The van der Waals surface area contributed by atoms with Gasteiger partial charge in [0.2, 0.25) is 11.8 Å². The van der Waals surface area contributed by atoms with Crippen LogP contribution in [0.2, 0.25) is 0 Å². The lowest BCUT2D eigenvalue weighted by molar-refractivity contribution is -0.132. The number of nitrogens with one attached hydrogen (secondary N) is 3. The van der Waals surface area contributed by atoms with Crippen LogP contribution in [0.3, 0.4) is 0 Å². The lowest BCUT2D eigenvalue weighted by Crippen LogP contribution is -2.51. The first-order chi connectivity index (χ1) is 13.0. The first kappa shape index (κ1) is 19.5. The zero-order valence-corrected chi connectivity index (χ0v) is 16.5. The highest BCUT2D eigenvalue weighted by Gasteiger charge is 2.30. The number of H-pyrrole nitrogens is 1. The summed E-state index contributed by atoms with van der Waals surface area (Å²) in [6.07, 6.45) is 7.04. The van der Waals surface area contributed by atoms with Gasteiger partial charge in [-0.05, 0) is 44.2 Å². The van der Waals surface area contributed by atoms with Gasteiger partial charge in [0.15, 0.2) is 0 Å². The highest BCUT2D eigenvalue weighted by molar-refractivity contribution is 5.90. The van der Waals surface area contributed by atoms with E-state index in [2.05, 4.69) is 15.6 Å². The zero-order chi connectivity index (χ0) is 19.4. The minimum atomic E-state index is -0.567. The standard InChI is InChI=1S/C22H31N3O2/c1-14(2)24-22(27)20(25-21(26)15(3)16-8-4-5-9-16)12-17-13-23-19-11-7-6-10-18(17)19/h6-7,10-11,13-16,20,23H,4-5,8-9,12H2,1-3H3,(H,24,27)(H,25,26). The molecule has 1 heterocycles. The van der Waals surface area contributed by atoms with Gasteiger partial charge in [0.05, 0.1) is 0 Å². The van der Waals surface area contributed by atoms with E-state index >= 15 is 0 Å². The maximum atomic E-state index is 12.8. The van der Waals surface area contributed by atoms with Gasteiger partial charge in [-0.15, -0.1) is 0 Å². The molecule has 2 atom stereocenters. The maximum absolute atomic E-state index is 12.8. The molecule has 0 saturated heterocycles. The first-order valence-electron chi connectivity index (χ1n) is 10.1. The van der Waals surface area contributed by atoms with Gasteiger partial charge in [-0.25, -0.2) is 0 Å². The van der Waals surface area contributed by atoms with Crippen molar-refractivity contribution in [3.8, 4) is 0 Å². The molecule has 1 aromatic carbocycles. The summed E-state index contributed by atoms with van der Waals surface area (Å²) in [6, 6.07) is 7.50. The van der Waals surface area contributed by atoms with Crippen LogP contribution in [0.4, 0.5) is 0 Å². The number of carbonyl (C=O) groups excluding carboxylic acids is 2. The highest BCUT2D eigenvalue weighted by atomic mass is 16.2. The van der Waals surface area contributed by atoms with Crippen LogP contribution in [0.5, 0.6) is 0 Å². The molecule has 1 fully saturated rings. The zero-order valence-electron chi connectivity index (χ0n) is 16.5. The summed E-state index contributed by atoms with van der Waals surface area (Å²) < 4.78 is 0. The van der Waals surface area contributed by atoms with Crippen molar-refractivity contribution in [2.75, 3.05) is 0 Å². The SMILES string of the molecule is CC(C)NC(=O)C(Cc1c[nH]c2ccccc12)NC(=O)C(C)C1CCCC1. The Morgan fingerprint density at radius 1 is 1.07 bits per heavy atom. The number of rotatable bonds is 7. The van der Waals surface area contributed by atoms with Crippen molar-refractivity contribution < 1.29 is 9.59 Å². The largest absolute Gasteiger partial charge is 0.361 e. The van der Waals surface area contributed by atoms with E-state index in [1.54, 1.807) is 0 Å². The van der Waals surface area contributed by atoms with Crippen LogP contribution >= 0.6 is 0 Å². The summed E-state index contributed by atoms with van der Waals surface area (Å²) in [4.78, 5) is 28.8. The van der Waals surface area contributed by atoms with Gasteiger partial charge >= 0.3 is 0 Å². The second kappa shape index (κ2) is 8.59. The quantitative estimate of drug-likeness (QED) is 0.698. The molecule has 0 bridgehead atoms. The van der Waals surface area contributed by atoms with Crippen LogP contribution in [0.15, 0.2) is 30.5 Å². The van der Waals surface area contributed by atoms with E-state index in [1.807, 2.05) is 51.2 Å². The molecule has 1 aliphatic carbocycles. The third kappa shape index (κ3) is 4.71. The number of carbonyl (C=O) groups is 2. The van der Waals surface area contributed by atoms with Gasteiger partial charge in [-0.3, -0.25) is 9.59 Å². The van der Waals surface area contributed by atoms with Gasteiger partial charge in [-0.2, -0.15) is 0 Å². The molecule has 2 aromatic rings. The number of para-hydroxylation sites is 1. The van der Waals surface area contributed by atoms with Crippen molar-refractivity contribution in [3.05, 3.63) is 36.0 Å². The topological polar surface area (TPSA) is 74.0 Å². The lowest BCUT2D eigenvalue weighted by atomic mass is 9.91. The number of amides is 2. The summed E-state index contributed by atoms with van der Waals surface area (Å²) in [5.74, 6) is 0.254. The van der Waals surface area contributed by atoms with Crippen LogP contribution in [-0.4, -0.2) is 28.9 Å². The normalized spacial score (nSPS) is 17.2. The van der Waals surface area contributed by atoms with E-state index in [0.717, 1.165) is 29.3 Å². The van der Waals surface area contributed by atoms with Crippen molar-refractivity contribution >= 4 is 22.7 Å². The van der Waals surface area contributed by atoms with E-state index in [-0.39, 0.29) is 23.8 Å². The number of benzene rings is 1. The Bertz CT molecular complexity index is 790. The lowest BCUT2D eigenvalue weighted by Gasteiger charge is -2.24. The summed E-state index contributed by atoms with van der Waals surface area (Å²) in [5, 5.41) is 7.09. The summed E-state index contributed by atoms with van der Waals surface area (Å²) in [6.45, 7) is 5.86. The van der Waals surface area contributed by atoms with Crippen LogP contribution in [0.25, 0.3) is 10.9 Å². The molecule has 3 rings (SSSR count). The van der Waals surface area contributed by atoms with Gasteiger partial charge in [0.1, 0.15) is 6.04 Å². The molecule has 2 unspecified atom stereocenters. The third-order valence-electron chi connectivity index (χ3n) is 5.68. The molecule has 3 N–H and O–H groups in total. The van der Waals surface area contributed by atoms with Crippen LogP contribution in [-0.2, 0) is 16.0 Å². The average molecular weight is 370 g/mol. The smallest absolute Gasteiger partial charge is 0.243 e. The summed E-state index contributed by atoms with van der Waals surface area (Å²) >= 11 is 0. The van der Waals surface area contributed by atoms with Crippen molar-refractivity contribution in [3.63, 3.8) is 0 Å². The second-order valence-corrected chi connectivity index (χ2v) is 8.12. The van der Waals surface area contributed by atoms with E-state index in [0.29, 0.717) is 12.3 Å². The Balaban J connectivity index is 1.76. The maximum Gasteiger partial charge on any atom is 0.243 e. The number of aromatic nitrogens is 1. The van der Waals surface area contributed by atoms with E-state index in [4.69, 9.17) is 0 Å². The molecule has 27 heavy (non-hydrogen) atoms. The van der Waals surface area contributed by atoms with E-state index < -0.39 is 6.04 Å². The Morgan fingerprint density at radius 3 is 2.48 bits per heavy atom. The molecule has 146 valence electrons. The predicted molar refractivity (Wildman–Crippen MR) is 108 cm³/mol. The molecule has 1 aromatic heterocycles. The molecule has 1 saturated carbocycles. The predicted octanol–water partition coefficient (Wildman–Crippen LogP) is 3.55. The Morgan fingerprint density at radius 2 is 1.78 bits per heavy atom. The van der Waals surface area contributed by atoms with Gasteiger partial charge in [-0.1, -0.05) is 38.0 Å². The van der Waals surface area contributed by atoms with Crippen LogP contribution in [0.1, 0.15) is 52.0 Å². The molecule has 0 radical (unpaired) electrons. The summed E-state index contributed by atoms with van der Waals surface area (Å²) in [7, 11) is 0. The van der Waals surface area contributed by atoms with Crippen LogP contribution < -0.4 is 10.6 Å². The monoisotopic (exact) mass is 369 g/mol. The van der Waals surface area contributed by atoms with E-state index in [1.165, 1.54) is 12.8 Å². The number of aromatic amines is 1. The molecule has 5 nitrogen and oxygen atoms in total. The number of hydrogen-bond donors (Lipinski definition) is 3. The molecule has 1 aliphatic rings. The molecular formula is C22H31N3O2. The minimum absolute atomic E-state index is 0.00866. The molecule has 2 amide bonds. The fourth-order valence-electron chi connectivity index (χ4n) is 4.09. The first-order valence-corrected chi connectivity index (χ1v) is 10.1. The number of fused-ring (bicyclic) bond motifs is 1. The highest BCUT2D eigenvalue weighted by Crippen LogP contribution is 2.31. The Kier molecular flexibility index (Phi) is 6.19. The van der Waals surface area contributed by atoms with Crippen molar-refractivity contribution in [1.29, 1.82) is 0 Å². The van der Waals surface area contributed by atoms with Crippen molar-refractivity contribution in [1.82, 2.24) is 15.6 Å². The van der Waals surface area contributed by atoms with Gasteiger partial charge in [0, 0.05) is 35.5 Å². The third-order valence-corrected chi connectivity index (χ3v) is 5.68. The minimum Gasteiger partial charge on any atom is -0.361 e. The average Bonchev–Trinajstić information content (AvgIpc) is 3.30. The Labute approximate surface area is 161 Å². The number of hydrogen-bond acceptors (Lipinski definition) is 2.